The Labute approximate surface area is 102 Å². The summed E-state index contributed by atoms with van der Waals surface area (Å²) in [4.78, 5) is 23.7. The molecule has 4 aliphatic rings. The molecule has 5 atom stereocenters. The van der Waals surface area contributed by atoms with Crippen LogP contribution in [-0.2, 0) is 14.3 Å². The minimum atomic E-state index is -0.273. The first-order valence-corrected chi connectivity index (χ1v) is 6.61. The molecule has 4 bridgehead atoms. The lowest BCUT2D eigenvalue weighted by molar-refractivity contribution is -0.178. The van der Waals surface area contributed by atoms with E-state index in [0.29, 0.717) is 30.0 Å². The van der Waals surface area contributed by atoms with Crippen molar-refractivity contribution in [2.24, 2.45) is 29.1 Å². The van der Waals surface area contributed by atoms with Gasteiger partial charge >= 0.3 is 5.97 Å². The predicted molar refractivity (Wildman–Crippen MR) is 62.2 cm³/mol. The van der Waals surface area contributed by atoms with Crippen molar-refractivity contribution in [3.63, 3.8) is 0 Å². The zero-order valence-corrected chi connectivity index (χ0v) is 10.7. The van der Waals surface area contributed by atoms with Crippen LogP contribution < -0.4 is 0 Å². The molecule has 4 rings (SSSR count). The number of carbonyl (C=O) groups is 2. The maximum Gasteiger partial charge on any atom is 0.309 e. The van der Waals surface area contributed by atoms with Gasteiger partial charge in [-0.15, -0.1) is 0 Å². The Morgan fingerprint density at radius 3 is 2.65 bits per heavy atom. The molecule has 0 aromatic carbocycles. The first-order valence-electron chi connectivity index (χ1n) is 6.61. The summed E-state index contributed by atoms with van der Waals surface area (Å²) in [5.41, 5.74) is -0.273. The van der Waals surface area contributed by atoms with E-state index in [2.05, 4.69) is 0 Å². The van der Waals surface area contributed by atoms with Crippen LogP contribution in [0.4, 0.5) is 0 Å². The van der Waals surface area contributed by atoms with E-state index in [1.807, 2.05) is 20.8 Å². The Balaban J connectivity index is 1.76. The normalized spacial score (nSPS) is 43.0. The Kier molecular flexibility index (Phi) is 2.20. The highest BCUT2D eigenvalue weighted by Crippen LogP contribution is 2.58. The fraction of sp³-hybridized carbons (Fsp3) is 0.857. The van der Waals surface area contributed by atoms with E-state index in [0.717, 1.165) is 12.8 Å². The third-order valence-electron chi connectivity index (χ3n) is 4.90. The van der Waals surface area contributed by atoms with Crippen molar-refractivity contribution in [1.82, 2.24) is 0 Å². The van der Waals surface area contributed by atoms with Crippen LogP contribution in [0.25, 0.3) is 0 Å². The molecule has 0 aromatic heterocycles. The van der Waals surface area contributed by atoms with Gasteiger partial charge in [0.15, 0.2) is 0 Å². The summed E-state index contributed by atoms with van der Waals surface area (Å²) in [5, 5.41) is 0. The van der Waals surface area contributed by atoms with Crippen LogP contribution in [0.5, 0.6) is 0 Å². The molecule has 3 nitrogen and oxygen atoms in total. The van der Waals surface area contributed by atoms with Crippen molar-refractivity contribution < 1.29 is 14.3 Å². The fourth-order valence-corrected chi connectivity index (χ4v) is 3.91. The smallest absolute Gasteiger partial charge is 0.309 e. The minimum Gasteiger partial charge on any atom is -0.462 e. The molecule has 2 heterocycles. The number of ether oxygens (including phenoxy) is 1. The van der Waals surface area contributed by atoms with Crippen LogP contribution in [0.1, 0.15) is 40.0 Å². The Hall–Kier alpha value is -0.860. The van der Waals surface area contributed by atoms with Gasteiger partial charge in [0, 0.05) is 17.8 Å². The molecule has 2 aliphatic heterocycles. The van der Waals surface area contributed by atoms with Gasteiger partial charge in [-0.3, -0.25) is 9.59 Å². The zero-order valence-electron chi connectivity index (χ0n) is 10.7. The van der Waals surface area contributed by atoms with Crippen LogP contribution in [0, 0.1) is 29.1 Å². The van der Waals surface area contributed by atoms with E-state index in [4.69, 9.17) is 4.74 Å². The van der Waals surface area contributed by atoms with Gasteiger partial charge in [0.25, 0.3) is 0 Å². The molecule has 0 aromatic rings. The van der Waals surface area contributed by atoms with Crippen molar-refractivity contribution in [3.8, 4) is 0 Å². The van der Waals surface area contributed by atoms with Crippen LogP contribution >= 0.6 is 0 Å². The van der Waals surface area contributed by atoms with Gasteiger partial charge < -0.3 is 4.74 Å². The van der Waals surface area contributed by atoms with Gasteiger partial charge in [0.1, 0.15) is 11.9 Å². The van der Waals surface area contributed by atoms with Gasteiger partial charge in [-0.2, -0.15) is 0 Å². The topological polar surface area (TPSA) is 43.4 Å². The second-order valence-corrected chi connectivity index (χ2v) is 6.94. The Morgan fingerprint density at radius 1 is 1.35 bits per heavy atom. The molecule has 3 heteroatoms. The average Bonchev–Trinajstić information content (AvgIpc) is 2.73. The van der Waals surface area contributed by atoms with Crippen molar-refractivity contribution in [2.45, 2.75) is 46.1 Å². The highest BCUT2D eigenvalue weighted by molar-refractivity contribution is 5.84. The van der Waals surface area contributed by atoms with Crippen molar-refractivity contribution in [2.75, 3.05) is 0 Å². The second-order valence-electron chi connectivity index (χ2n) is 6.94. The van der Waals surface area contributed by atoms with E-state index < -0.39 is 0 Å². The van der Waals surface area contributed by atoms with E-state index in [1.54, 1.807) is 0 Å². The Bertz CT molecular complexity index is 377. The molecule has 0 radical (unpaired) electrons. The van der Waals surface area contributed by atoms with Crippen LogP contribution in [0.15, 0.2) is 0 Å². The zero-order chi connectivity index (χ0) is 12.4. The van der Waals surface area contributed by atoms with Crippen molar-refractivity contribution >= 4 is 11.8 Å². The first kappa shape index (κ1) is 11.2. The number of hydrogen-bond acceptors (Lipinski definition) is 3. The standard InChI is InChI=1S/C14H20O3/c1-14(2,3)11(15)6-9-8-4-7-5-10(8)13(16)17-12(7)9/h7-10,12H,4-6H2,1-3H3. The monoisotopic (exact) mass is 236 g/mol. The molecular weight excluding hydrogens is 216 g/mol. The molecule has 2 saturated heterocycles. The van der Waals surface area contributed by atoms with Gasteiger partial charge in [-0.1, -0.05) is 20.8 Å². The highest BCUT2D eigenvalue weighted by atomic mass is 16.5. The summed E-state index contributed by atoms with van der Waals surface area (Å²) in [7, 11) is 0. The van der Waals surface area contributed by atoms with E-state index >= 15 is 0 Å². The molecule has 94 valence electrons. The molecule has 0 amide bonds. The fourth-order valence-electron chi connectivity index (χ4n) is 3.91. The lowest BCUT2D eigenvalue weighted by atomic mass is 9.72. The average molecular weight is 236 g/mol. The summed E-state index contributed by atoms with van der Waals surface area (Å²) in [6, 6.07) is 0. The molecular formula is C14H20O3. The van der Waals surface area contributed by atoms with Gasteiger partial charge in [0.05, 0.1) is 5.92 Å². The number of Topliss-reactive ketones (excluding diaryl/α,β-unsaturated/α-hetero) is 1. The highest BCUT2D eigenvalue weighted by Gasteiger charge is 2.61. The van der Waals surface area contributed by atoms with E-state index in [1.165, 1.54) is 0 Å². The molecule has 4 fully saturated rings. The van der Waals surface area contributed by atoms with Crippen molar-refractivity contribution in [1.29, 1.82) is 0 Å². The SMILES string of the molecule is CC(C)(C)C(=O)CC1C2CC3CC2C(=O)OC31. The summed E-state index contributed by atoms with van der Waals surface area (Å²) in [6.07, 6.45) is 2.75. The number of esters is 1. The summed E-state index contributed by atoms with van der Waals surface area (Å²) >= 11 is 0. The largest absolute Gasteiger partial charge is 0.462 e. The Morgan fingerprint density at radius 2 is 2.06 bits per heavy atom. The van der Waals surface area contributed by atoms with E-state index in [9.17, 15) is 9.59 Å². The lowest BCUT2D eigenvalue weighted by Crippen LogP contribution is -2.47. The third-order valence-corrected chi connectivity index (χ3v) is 4.90. The number of ketones is 1. The first-order chi connectivity index (χ1) is 7.88. The van der Waals surface area contributed by atoms with Crippen LogP contribution in [-0.4, -0.2) is 17.9 Å². The molecule has 0 spiro atoms. The minimum absolute atomic E-state index is 0.00629. The van der Waals surface area contributed by atoms with E-state index in [-0.39, 0.29) is 23.4 Å². The number of carbonyl (C=O) groups excluding carboxylic acids is 2. The van der Waals surface area contributed by atoms with Gasteiger partial charge in [-0.25, -0.2) is 0 Å². The summed E-state index contributed by atoms with van der Waals surface area (Å²) in [5.74, 6) is 1.67. The molecule has 2 saturated carbocycles. The lowest BCUT2D eigenvalue weighted by Gasteiger charge is -2.41. The third kappa shape index (κ3) is 1.54. The van der Waals surface area contributed by atoms with Gasteiger partial charge in [0.2, 0.25) is 0 Å². The maximum atomic E-state index is 12.1. The second kappa shape index (κ2) is 3.33. The van der Waals surface area contributed by atoms with Crippen LogP contribution in [0.3, 0.4) is 0 Å². The van der Waals surface area contributed by atoms with Gasteiger partial charge in [-0.05, 0) is 24.7 Å². The molecule has 5 unspecified atom stereocenters. The number of rotatable bonds is 2. The number of fused-ring (bicyclic) bond motifs is 1. The number of hydrogen-bond donors (Lipinski definition) is 0. The van der Waals surface area contributed by atoms with Crippen molar-refractivity contribution in [3.05, 3.63) is 0 Å². The summed E-state index contributed by atoms with van der Waals surface area (Å²) < 4.78 is 5.47. The predicted octanol–water partition coefficient (Wildman–Crippen LogP) is 2.19. The molecule has 17 heavy (non-hydrogen) atoms. The molecule has 2 aliphatic carbocycles. The summed E-state index contributed by atoms with van der Waals surface area (Å²) in [6.45, 7) is 5.90. The maximum absolute atomic E-state index is 12.1. The molecule has 0 N–H and O–H groups in total. The quantitative estimate of drug-likeness (QED) is 0.690. The van der Waals surface area contributed by atoms with Crippen LogP contribution in [0.2, 0.25) is 0 Å².